The molecule has 0 aliphatic carbocycles. The zero-order valence-corrected chi connectivity index (χ0v) is 10.7. The molecule has 0 saturated carbocycles. The lowest BCUT2D eigenvalue weighted by atomic mass is 10.1. The van der Waals surface area contributed by atoms with Crippen LogP contribution < -0.4 is 11.5 Å². The topological polar surface area (TPSA) is 89.2 Å². The Labute approximate surface area is 107 Å². The molecule has 0 bridgehead atoms. The van der Waals surface area contributed by atoms with E-state index in [1.54, 1.807) is 7.05 Å². The molecule has 6 nitrogen and oxygen atoms in total. The number of rotatable bonds is 4. The van der Waals surface area contributed by atoms with Gasteiger partial charge in [0.2, 0.25) is 11.9 Å². The Morgan fingerprint density at radius 2 is 1.94 bits per heavy atom. The highest BCUT2D eigenvalue weighted by atomic mass is 16.7. The summed E-state index contributed by atoms with van der Waals surface area (Å²) >= 11 is 0. The molecule has 1 rings (SSSR count). The fourth-order valence-electron chi connectivity index (χ4n) is 1.40. The maximum absolute atomic E-state index is 5.76. The third-order valence-electron chi connectivity index (χ3n) is 2.38. The van der Waals surface area contributed by atoms with E-state index in [9.17, 15) is 0 Å². The van der Waals surface area contributed by atoms with Crippen LogP contribution in [0, 0.1) is 0 Å². The van der Waals surface area contributed by atoms with Crippen LogP contribution in [0.3, 0.4) is 0 Å². The lowest BCUT2D eigenvalue weighted by Crippen LogP contribution is -2.39. The first-order valence-corrected chi connectivity index (χ1v) is 5.59. The number of guanidine groups is 2. The van der Waals surface area contributed by atoms with Crippen molar-refractivity contribution in [3.8, 4) is 0 Å². The summed E-state index contributed by atoms with van der Waals surface area (Å²) in [7, 11) is 3.08. The van der Waals surface area contributed by atoms with Crippen LogP contribution in [-0.4, -0.2) is 37.7 Å². The van der Waals surface area contributed by atoms with Crippen LogP contribution in [0.5, 0.6) is 0 Å². The molecule has 0 aromatic heterocycles. The van der Waals surface area contributed by atoms with Crippen LogP contribution in [0.25, 0.3) is 0 Å². The first-order valence-electron chi connectivity index (χ1n) is 5.59. The minimum absolute atomic E-state index is 0.120. The van der Waals surface area contributed by atoms with Crippen LogP contribution >= 0.6 is 0 Å². The highest BCUT2D eigenvalue weighted by Gasteiger charge is 2.07. The molecule has 18 heavy (non-hydrogen) atoms. The van der Waals surface area contributed by atoms with Crippen LogP contribution in [-0.2, 0) is 11.3 Å². The van der Waals surface area contributed by atoms with Crippen LogP contribution in [0.1, 0.15) is 5.56 Å². The van der Waals surface area contributed by atoms with Crippen molar-refractivity contribution in [1.82, 2.24) is 5.06 Å². The second kappa shape index (κ2) is 7.29. The summed E-state index contributed by atoms with van der Waals surface area (Å²) in [5, 5.41) is 1.48. The molecule has 0 amide bonds. The Morgan fingerprint density at radius 1 is 1.28 bits per heavy atom. The Balaban J connectivity index is 2.60. The minimum Gasteiger partial charge on any atom is -0.368 e. The van der Waals surface area contributed by atoms with E-state index < -0.39 is 0 Å². The molecule has 0 spiro atoms. The zero-order valence-electron chi connectivity index (χ0n) is 10.7. The molecule has 0 aliphatic rings. The number of nitrogens with zero attached hydrogens (tertiary/aromatic N) is 3. The number of benzene rings is 1. The average molecular weight is 249 g/mol. The standard InChI is InChI=1S/C12H19N5O/c1-15-11(13)16-12(14)17(18-2)9-8-10-6-4-3-5-7-10/h3-7H,8-9H2,1-2H3,(H4,13,14,15,16). The van der Waals surface area contributed by atoms with Crippen molar-refractivity contribution in [1.29, 1.82) is 0 Å². The molecule has 0 fully saturated rings. The van der Waals surface area contributed by atoms with E-state index in [-0.39, 0.29) is 11.9 Å². The highest BCUT2D eigenvalue weighted by molar-refractivity contribution is 5.92. The number of aliphatic imine (C=N–C) groups is 2. The molecule has 6 heteroatoms. The van der Waals surface area contributed by atoms with Crippen molar-refractivity contribution < 1.29 is 4.84 Å². The molecule has 0 atom stereocenters. The molecule has 0 aliphatic heterocycles. The predicted molar refractivity (Wildman–Crippen MR) is 73.0 cm³/mol. The van der Waals surface area contributed by atoms with Crippen molar-refractivity contribution in [3.63, 3.8) is 0 Å². The van der Waals surface area contributed by atoms with E-state index in [0.29, 0.717) is 6.54 Å². The van der Waals surface area contributed by atoms with Gasteiger partial charge in [0.25, 0.3) is 0 Å². The second-order valence-corrected chi connectivity index (χ2v) is 3.57. The van der Waals surface area contributed by atoms with Gasteiger partial charge in [-0.3, -0.25) is 9.83 Å². The first-order chi connectivity index (χ1) is 8.67. The van der Waals surface area contributed by atoms with Gasteiger partial charge < -0.3 is 11.5 Å². The Hall–Kier alpha value is -2.08. The van der Waals surface area contributed by atoms with Gasteiger partial charge >= 0.3 is 0 Å². The SMILES string of the molecule is CN=C(N)N=C(N)N(CCc1ccccc1)OC. The van der Waals surface area contributed by atoms with Gasteiger partial charge in [-0.2, -0.15) is 4.99 Å². The Bertz CT molecular complexity index is 416. The summed E-state index contributed by atoms with van der Waals surface area (Å²) in [6, 6.07) is 10.1. The van der Waals surface area contributed by atoms with Gasteiger partial charge in [-0.05, 0) is 12.0 Å². The van der Waals surface area contributed by atoms with E-state index in [4.69, 9.17) is 16.3 Å². The number of nitrogens with two attached hydrogens (primary N) is 2. The maximum Gasteiger partial charge on any atom is 0.223 e. The third-order valence-corrected chi connectivity index (χ3v) is 2.38. The lowest BCUT2D eigenvalue weighted by molar-refractivity contribution is -0.0648. The Kier molecular flexibility index (Phi) is 5.66. The van der Waals surface area contributed by atoms with Crippen LogP contribution in [0.4, 0.5) is 0 Å². The van der Waals surface area contributed by atoms with E-state index in [0.717, 1.165) is 6.42 Å². The molecule has 0 heterocycles. The summed E-state index contributed by atoms with van der Waals surface area (Å²) in [5.74, 6) is 0.311. The molecule has 0 unspecified atom stereocenters. The number of hydrogen-bond acceptors (Lipinski definition) is 2. The van der Waals surface area contributed by atoms with Crippen LogP contribution in [0.15, 0.2) is 40.3 Å². The Morgan fingerprint density at radius 3 is 2.50 bits per heavy atom. The van der Waals surface area contributed by atoms with Crippen molar-refractivity contribution in [2.45, 2.75) is 6.42 Å². The number of hydroxylamine groups is 2. The van der Waals surface area contributed by atoms with Crippen LogP contribution in [0.2, 0.25) is 0 Å². The smallest absolute Gasteiger partial charge is 0.223 e. The zero-order chi connectivity index (χ0) is 13.4. The average Bonchev–Trinajstić information content (AvgIpc) is 2.40. The normalized spacial score (nSPS) is 12.6. The van der Waals surface area contributed by atoms with Crippen molar-refractivity contribution in [3.05, 3.63) is 35.9 Å². The fourth-order valence-corrected chi connectivity index (χ4v) is 1.40. The predicted octanol–water partition coefficient (Wildman–Crippen LogP) is 0.352. The fraction of sp³-hybridized carbons (Fsp3) is 0.333. The molecule has 0 radical (unpaired) electrons. The monoisotopic (exact) mass is 249 g/mol. The van der Waals surface area contributed by atoms with Gasteiger partial charge in [0.1, 0.15) is 0 Å². The quantitative estimate of drug-likeness (QED) is 0.458. The summed E-state index contributed by atoms with van der Waals surface area (Å²) in [4.78, 5) is 12.8. The summed E-state index contributed by atoms with van der Waals surface area (Å²) in [6.45, 7) is 0.590. The molecule has 0 saturated heterocycles. The van der Waals surface area contributed by atoms with E-state index in [1.807, 2.05) is 30.3 Å². The lowest BCUT2D eigenvalue weighted by Gasteiger charge is -2.20. The van der Waals surface area contributed by atoms with E-state index >= 15 is 0 Å². The molecule has 1 aromatic rings. The highest BCUT2D eigenvalue weighted by Crippen LogP contribution is 2.01. The van der Waals surface area contributed by atoms with Gasteiger partial charge in [-0.1, -0.05) is 30.3 Å². The third kappa shape index (κ3) is 4.42. The maximum atomic E-state index is 5.76. The first kappa shape index (κ1) is 14.0. The van der Waals surface area contributed by atoms with E-state index in [2.05, 4.69) is 9.98 Å². The van der Waals surface area contributed by atoms with Gasteiger partial charge in [0.05, 0.1) is 13.7 Å². The van der Waals surface area contributed by atoms with Gasteiger partial charge in [-0.15, -0.1) is 0 Å². The molecule has 4 N–H and O–H groups in total. The van der Waals surface area contributed by atoms with E-state index in [1.165, 1.54) is 17.7 Å². The largest absolute Gasteiger partial charge is 0.368 e. The summed E-state index contributed by atoms with van der Waals surface area (Å²) in [6.07, 6.45) is 0.800. The molecular weight excluding hydrogens is 230 g/mol. The van der Waals surface area contributed by atoms with Gasteiger partial charge in [0, 0.05) is 7.05 Å². The molecular formula is C12H19N5O. The van der Waals surface area contributed by atoms with Gasteiger partial charge in [-0.25, -0.2) is 5.06 Å². The van der Waals surface area contributed by atoms with Gasteiger partial charge in [0.15, 0.2) is 0 Å². The van der Waals surface area contributed by atoms with Crippen molar-refractivity contribution in [2.75, 3.05) is 20.7 Å². The number of hydrogen-bond donors (Lipinski definition) is 2. The summed E-state index contributed by atoms with van der Waals surface area (Å²) in [5.41, 5.74) is 12.4. The molecule has 98 valence electrons. The molecule has 1 aromatic carbocycles. The second-order valence-electron chi connectivity index (χ2n) is 3.57. The van der Waals surface area contributed by atoms with Crippen molar-refractivity contribution >= 4 is 11.9 Å². The summed E-state index contributed by atoms with van der Waals surface area (Å²) < 4.78 is 0. The van der Waals surface area contributed by atoms with Crippen molar-refractivity contribution in [2.24, 2.45) is 21.5 Å². The minimum atomic E-state index is 0.120.